The zero-order chi connectivity index (χ0) is 15.1. The van der Waals surface area contributed by atoms with Crippen LogP contribution in [0.5, 0.6) is 0 Å². The van der Waals surface area contributed by atoms with Crippen LogP contribution in [-0.2, 0) is 0 Å². The van der Waals surface area contributed by atoms with Gasteiger partial charge in [0.2, 0.25) is 0 Å². The number of hydrogen-bond donors (Lipinski definition) is 1. The van der Waals surface area contributed by atoms with E-state index in [4.69, 9.17) is 5.11 Å². The van der Waals surface area contributed by atoms with Crippen LogP contribution in [0.2, 0.25) is 0 Å². The maximum atomic E-state index is 9.06. The Morgan fingerprint density at radius 3 is 1.33 bits per heavy atom. The third-order valence-corrected chi connectivity index (χ3v) is 4.50. The van der Waals surface area contributed by atoms with Gasteiger partial charge in [-0.1, -0.05) is 40.0 Å². The summed E-state index contributed by atoms with van der Waals surface area (Å²) in [4.78, 5) is 0. The smallest absolute Gasteiger partial charge is 0.0787 e. The molecule has 0 atom stereocenters. The lowest BCUT2D eigenvalue weighted by molar-refractivity contribution is -0.929. The number of aliphatic hydroxyl groups excluding tert-OH is 1. The van der Waals surface area contributed by atoms with Crippen molar-refractivity contribution in [2.45, 2.75) is 85.0 Å². The van der Waals surface area contributed by atoms with Crippen LogP contribution in [0.4, 0.5) is 0 Å². The zero-order valence-corrected chi connectivity index (χ0v) is 17.0. The summed E-state index contributed by atoms with van der Waals surface area (Å²) in [6.07, 6.45) is 13.0. The molecule has 21 heavy (non-hydrogen) atoms. The molecule has 0 rings (SSSR count). The monoisotopic (exact) mass is 413 g/mol. The fourth-order valence-corrected chi connectivity index (χ4v) is 3.12. The molecule has 0 aliphatic heterocycles. The number of aliphatic hydroxyl groups is 1. The molecule has 0 radical (unpaired) electrons. The average molecular weight is 413 g/mol. The summed E-state index contributed by atoms with van der Waals surface area (Å²) < 4.78 is 1.33. The minimum atomic E-state index is 0. The van der Waals surface area contributed by atoms with E-state index < -0.39 is 0 Å². The second-order valence-electron chi connectivity index (χ2n) is 6.43. The molecule has 3 heteroatoms. The Bertz CT molecular complexity index is 173. The fourth-order valence-electron chi connectivity index (χ4n) is 3.12. The van der Waals surface area contributed by atoms with Crippen molar-refractivity contribution in [1.29, 1.82) is 0 Å². The minimum Gasteiger partial charge on any atom is -1.00 e. The summed E-state index contributed by atoms with van der Waals surface area (Å²) in [7, 11) is 0. The van der Waals surface area contributed by atoms with Crippen LogP contribution in [0.15, 0.2) is 0 Å². The molecule has 0 spiro atoms. The average Bonchev–Trinajstić information content (AvgIpc) is 2.46. The fraction of sp³-hybridized carbons (Fsp3) is 1.00. The number of quaternary nitrogens is 1. The second kappa shape index (κ2) is 17.0. The SMILES string of the molecule is CCCCC[N+](CCCC)(CCCCC)CCCCO.[I-]. The van der Waals surface area contributed by atoms with E-state index >= 15 is 0 Å². The van der Waals surface area contributed by atoms with E-state index in [9.17, 15) is 0 Å². The van der Waals surface area contributed by atoms with Crippen molar-refractivity contribution < 1.29 is 33.6 Å². The Hall–Kier alpha value is 0.650. The summed E-state index contributed by atoms with van der Waals surface area (Å²) in [6.45, 7) is 12.6. The van der Waals surface area contributed by atoms with E-state index in [1.807, 2.05) is 0 Å². The van der Waals surface area contributed by atoms with Gasteiger partial charge in [0.15, 0.2) is 0 Å². The Labute approximate surface area is 151 Å². The second-order valence-corrected chi connectivity index (χ2v) is 6.43. The highest BCUT2D eigenvalue weighted by Gasteiger charge is 2.25. The van der Waals surface area contributed by atoms with Crippen LogP contribution in [0.25, 0.3) is 0 Å². The number of nitrogens with zero attached hydrogens (tertiary/aromatic N) is 1. The third-order valence-electron chi connectivity index (χ3n) is 4.50. The Morgan fingerprint density at radius 1 is 0.571 bits per heavy atom. The van der Waals surface area contributed by atoms with E-state index in [0.717, 1.165) is 6.42 Å². The molecule has 0 aliphatic carbocycles. The van der Waals surface area contributed by atoms with Crippen molar-refractivity contribution >= 4 is 0 Å². The van der Waals surface area contributed by atoms with Gasteiger partial charge in [-0.15, -0.1) is 0 Å². The molecule has 0 amide bonds. The highest BCUT2D eigenvalue weighted by atomic mass is 127. The molecule has 0 heterocycles. The maximum Gasteiger partial charge on any atom is 0.0787 e. The summed E-state index contributed by atoms with van der Waals surface area (Å²) in [6, 6.07) is 0. The van der Waals surface area contributed by atoms with Gasteiger partial charge >= 0.3 is 0 Å². The van der Waals surface area contributed by atoms with Gasteiger partial charge in [0.1, 0.15) is 0 Å². The first-order chi connectivity index (χ1) is 9.74. The van der Waals surface area contributed by atoms with Gasteiger partial charge in [-0.3, -0.25) is 0 Å². The number of rotatable bonds is 15. The molecule has 0 saturated heterocycles. The lowest BCUT2D eigenvalue weighted by Gasteiger charge is -2.39. The first kappa shape index (κ1) is 23.9. The highest BCUT2D eigenvalue weighted by molar-refractivity contribution is 4.51. The van der Waals surface area contributed by atoms with Crippen molar-refractivity contribution in [1.82, 2.24) is 0 Å². The lowest BCUT2D eigenvalue weighted by atomic mass is 10.1. The molecule has 0 fully saturated rings. The maximum absolute atomic E-state index is 9.06. The van der Waals surface area contributed by atoms with Gasteiger partial charge in [-0.05, 0) is 44.9 Å². The Kier molecular flexibility index (Phi) is 19.4. The van der Waals surface area contributed by atoms with Crippen LogP contribution in [0, 0.1) is 0 Å². The van der Waals surface area contributed by atoms with E-state index in [1.165, 1.54) is 88.4 Å². The van der Waals surface area contributed by atoms with E-state index in [1.54, 1.807) is 0 Å². The van der Waals surface area contributed by atoms with Gasteiger partial charge < -0.3 is 33.6 Å². The molecule has 0 saturated carbocycles. The quantitative estimate of drug-likeness (QED) is 0.247. The van der Waals surface area contributed by atoms with Crippen LogP contribution < -0.4 is 24.0 Å². The summed E-state index contributed by atoms with van der Waals surface area (Å²) in [5.41, 5.74) is 0. The van der Waals surface area contributed by atoms with Gasteiger partial charge in [0.25, 0.3) is 0 Å². The Balaban J connectivity index is 0. The molecule has 2 nitrogen and oxygen atoms in total. The van der Waals surface area contributed by atoms with E-state index in [0.29, 0.717) is 6.61 Å². The molecule has 1 N–H and O–H groups in total. The normalized spacial score (nSPS) is 11.4. The molecule has 0 aliphatic rings. The number of hydrogen-bond acceptors (Lipinski definition) is 1. The van der Waals surface area contributed by atoms with Crippen LogP contribution in [-0.4, -0.2) is 42.4 Å². The van der Waals surface area contributed by atoms with Crippen molar-refractivity contribution in [2.75, 3.05) is 32.8 Å². The largest absolute Gasteiger partial charge is 1.00 e. The first-order valence-electron chi connectivity index (χ1n) is 9.20. The van der Waals surface area contributed by atoms with Gasteiger partial charge in [0, 0.05) is 6.61 Å². The highest BCUT2D eigenvalue weighted by Crippen LogP contribution is 2.17. The zero-order valence-electron chi connectivity index (χ0n) is 14.9. The van der Waals surface area contributed by atoms with Gasteiger partial charge in [0.05, 0.1) is 26.2 Å². The molecule has 0 aromatic heterocycles. The minimum absolute atomic E-state index is 0. The molecule has 0 aromatic rings. The topological polar surface area (TPSA) is 20.2 Å². The van der Waals surface area contributed by atoms with E-state index in [-0.39, 0.29) is 24.0 Å². The third kappa shape index (κ3) is 12.8. The standard InChI is InChI=1S/C18H40NO.HI/c1-4-7-10-15-19(14-9-6-3,16-11-8-5-2)17-12-13-18-20;/h20H,4-18H2,1-3H3;1H/q+1;/p-1. The first-order valence-corrected chi connectivity index (χ1v) is 9.20. The summed E-state index contributed by atoms with van der Waals surface area (Å²) in [5, 5.41) is 9.06. The van der Waals surface area contributed by atoms with Crippen molar-refractivity contribution in [3.05, 3.63) is 0 Å². The van der Waals surface area contributed by atoms with Crippen molar-refractivity contribution in [2.24, 2.45) is 0 Å². The predicted octanol–water partition coefficient (Wildman–Crippen LogP) is 1.76. The Morgan fingerprint density at radius 2 is 0.952 bits per heavy atom. The van der Waals surface area contributed by atoms with Crippen LogP contribution in [0.3, 0.4) is 0 Å². The van der Waals surface area contributed by atoms with Gasteiger partial charge in [-0.25, -0.2) is 0 Å². The van der Waals surface area contributed by atoms with Crippen molar-refractivity contribution in [3.8, 4) is 0 Å². The number of unbranched alkanes of at least 4 members (excludes halogenated alkanes) is 6. The predicted molar refractivity (Wildman–Crippen MR) is 90.0 cm³/mol. The van der Waals surface area contributed by atoms with E-state index in [2.05, 4.69) is 20.8 Å². The summed E-state index contributed by atoms with van der Waals surface area (Å²) >= 11 is 0. The molecule has 0 aromatic carbocycles. The molecule has 0 unspecified atom stereocenters. The molecule has 0 bridgehead atoms. The van der Waals surface area contributed by atoms with Crippen LogP contribution in [0.1, 0.15) is 85.0 Å². The van der Waals surface area contributed by atoms with Crippen molar-refractivity contribution in [3.63, 3.8) is 0 Å². The molecular weight excluding hydrogens is 373 g/mol. The summed E-state index contributed by atoms with van der Waals surface area (Å²) in [5.74, 6) is 0. The van der Waals surface area contributed by atoms with Crippen LogP contribution >= 0.6 is 0 Å². The number of halogens is 1. The van der Waals surface area contributed by atoms with Gasteiger partial charge in [-0.2, -0.15) is 0 Å². The molecular formula is C18H40INO. The lowest BCUT2D eigenvalue weighted by Crippen LogP contribution is -3.00. The molecule has 130 valence electrons.